The van der Waals surface area contributed by atoms with E-state index in [4.69, 9.17) is 15.5 Å². The molecular formula is C15H27N3OS. The lowest BCUT2D eigenvalue weighted by Crippen LogP contribution is -2.39. The largest absolute Gasteiger partial charge is 0.377 e. The lowest BCUT2D eigenvalue weighted by Gasteiger charge is -2.32. The Morgan fingerprint density at radius 1 is 1.45 bits per heavy atom. The Morgan fingerprint density at radius 3 is 2.75 bits per heavy atom. The molecule has 1 fully saturated rings. The second-order valence-corrected chi connectivity index (χ2v) is 7.45. The predicted octanol–water partition coefficient (Wildman–Crippen LogP) is 2.90. The van der Waals surface area contributed by atoms with Gasteiger partial charge in [-0.05, 0) is 19.8 Å². The third kappa shape index (κ3) is 3.51. The van der Waals surface area contributed by atoms with Crippen molar-refractivity contribution in [2.24, 2.45) is 5.73 Å². The highest BCUT2D eigenvalue weighted by atomic mass is 32.1. The minimum Gasteiger partial charge on any atom is -0.377 e. The quantitative estimate of drug-likeness (QED) is 0.928. The summed E-state index contributed by atoms with van der Waals surface area (Å²) in [7, 11) is 0. The second-order valence-electron chi connectivity index (χ2n) is 6.39. The molecule has 4 nitrogen and oxygen atoms in total. The molecule has 20 heavy (non-hydrogen) atoms. The molecule has 0 aromatic carbocycles. The third-order valence-corrected chi connectivity index (χ3v) is 4.77. The van der Waals surface area contributed by atoms with Crippen molar-refractivity contribution in [2.45, 2.75) is 58.6 Å². The van der Waals surface area contributed by atoms with Gasteiger partial charge in [0.25, 0.3) is 0 Å². The van der Waals surface area contributed by atoms with Gasteiger partial charge in [-0.25, -0.2) is 4.98 Å². The molecule has 0 spiro atoms. The first-order valence-corrected chi connectivity index (χ1v) is 8.34. The standard InChI is InChI=1S/C15H27N3OS/c1-5-19-11-7-6-8-18(10-11)14-17-13(15(2,3)4)12(9-16)20-14/h11H,5-10,16H2,1-4H3. The number of rotatable bonds is 4. The summed E-state index contributed by atoms with van der Waals surface area (Å²) < 4.78 is 5.78. The van der Waals surface area contributed by atoms with E-state index in [1.165, 1.54) is 11.3 Å². The highest BCUT2D eigenvalue weighted by Gasteiger charge is 2.27. The van der Waals surface area contributed by atoms with E-state index in [0.29, 0.717) is 12.6 Å². The van der Waals surface area contributed by atoms with Gasteiger partial charge in [0.2, 0.25) is 0 Å². The number of thiazole rings is 1. The van der Waals surface area contributed by atoms with Crippen molar-refractivity contribution in [1.82, 2.24) is 4.98 Å². The molecular weight excluding hydrogens is 270 g/mol. The van der Waals surface area contributed by atoms with Gasteiger partial charge in [0.1, 0.15) is 0 Å². The Morgan fingerprint density at radius 2 is 2.20 bits per heavy atom. The van der Waals surface area contributed by atoms with Crippen LogP contribution in [0.25, 0.3) is 0 Å². The lowest BCUT2D eigenvalue weighted by atomic mass is 9.91. The first-order chi connectivity index (χ1) is 9.45. The van der Waals surface area contributed by atoms with Crippen LogP contribution >= 0.6 is 11.3 Å². The summed E-state index contributed by atoms with van der Waals surface area (Å²) in [4.78, 5) is 8.46. The van der Waals surface area contributed by atoms with Crippen molar-refractivity contribution >= 4 is 16.5 Å². The van der Waals surface area contributed by atoms with Gasteiger partial charge in [-0.2, -0.15) is 0 Å². The molecule has 0 radical (unpaired) electrons. The molecule has 2 N–H and O–H groups in total. The van der Waals surface area contributed by atoms with Crippen LogP contribution in [-0.4, -0.2) is 30.8 Å². The first kappa shape index (κ1) is 15.7. The smallest absolute Gasteiger partial charge is 0.185 e. The first-order valence-electron chi connectivity index (χ1n) is 7.52. The predicted molar refractivity (Wildman–Crippen MR) is 85.6 cm³/mol. The molecule has 1 saturated heterocycles. The topological polar surface area (TPSA) is 51.4 Å². The molecule has 1 aromatic heterocycles. The Hall–Kier alpha value is -0.650. The van der Waals surface area contributed by atoms with Gasteiger partial charge in [0.05, 0.1) is 11.8 Å². The monoisotopic (exact) mass is 297 g/mol. The van der Waals surface area contributed by atoms with E-state index in [0.717, 1.165) is 36.9 Å². The maximum Gasteiger partial charge on any atom is 0.185 e. The SMILES string of the molecule is CCOC1CCCN(c2nc(C(C)(C)C)c(CN)s2)C1. The second kappa shape index (κ2) is 6.41. The zero-order chi connectivity index (χ0) is 14.8. The zero-order valence-corrected chi connectivity index (χ0v) is 13.9. The zero-order valence-electron chi connectivity index (χ0n) is 13.1. The van der Waals surface area contributed by atoms with Gasteiger partial charge < -0.3 is 15.4 Å². The molecule has 1 aromatic rings. The van der Waals surface area contributed by atoms with Crippen LogP contribution in [0.15, 0.2) is 0 Å². The van der Waals surface area contributed by atoms with E-state index in [2.05, 4.69) is 32.6 Å². The van der Waals surface area contributed by atoms with Crippen LogP contribution in [0, 0.1) is 0 Å². The highest BCUT2D eigenvalue weighted by Crippen LogP contribution is 2.34. The van der Waals surface area contributed by atoms with Crippen molar-refractivity contribution < 1.29 is 4.74 Å². The summed E-state index contributed by atoms with van der Waals surface area (Å²) in [5, 5.41) is 1.11. The molecule has 0 amide bonds. The molecule has 2 rings (SSSR count). The van der Waals surface area contributed by atoms with Crippen molar-refractivity contribution in [1.29, 1.82) is 0 Å². The van der Waals surface area contributed by atoms with Crippen LogP contribution in [0.1, 0.15) is 51.1 Å². The number of nitrogens with zero attached hydrogens (tertiary/aromatic N) is 2. The van der Waals surface area contributed by atoms with E-state index in [1.807, 2.05) is 0 Å². The van der Waals surface area contributed by atoms with Crippen molar-refractivity contribution in [3.8, 4) is 0 Å². The van der Waals surface area contributed by atoms with E-state index in [-0.39, 0.29) is 5.41 Å². The minimum atomic E-state index is 0.0541. The number of hydrogen-bond acceptors (Lipinski definition) is 5. The highest BCUT2D eigenvalue weighted by molar-refractivity contribution is 7.15. The van der Waals surface area contributed by atoms with Crippen LogP contribution in [-0.2, 0) is 16.7 Å². The molecule has 1 unspecified atom stereocenters. The van der Waals surface area contributed by atoms with Crippen LogP contribution in [0.3, 0.4) is 0 Å². The Balaban J connectivity index is 2.18. The number of ether oxygens (including phenoxy) is 1. The number of nitrogens with two attached hydrogens (primary N) is 1. The van der Waals surface area contributed by atoms with Gasteiger partial charge >= 0.3 is 0 Å². The molecule has 0 bridgehead atoms. The van der Waals surface area contributed by atoms with Crippen LogP contribution in [0.4, 0.5) is 5.13 Å². The Bertz CT molecular complexity index is 437. The molecule has 0 aliphatic carbocycles. The van der Waals surface area contributed by atoms with Crippen molar-refractivity contribution in [2.75, 3.05) is 24.6 Å². The maximum absolute atomic E-state index is 5.89. The van der Waals surface area contributed by atoms with Gasteiger partial charge in [-0.1, -0.05) is 20.8 Å². The summed E-state index contributed by atoms with van der Waals surface area (Å²) in [6.07, 6.45) is 2.68. The summed E-state index contributed by atoms with van der Waals surface area (Å²) >= 11 is 1.75. The van der Waals surface area contributed by atoms with E-state index in [9.17, 15) is 0 Å². The molecule has 1 atom stereocenters. The summed E-state index contributed by atoms with van der Waals surface area (Å²) in [5.74, 6) is 0. The average Bonchev–Trinajstić information content (AvgIpc) is 2.83. The van der Waals surface area contributed by atoms with Gasteiger partial charge in [-0.15, -0.1) is 11.3 Å². The van der Waals surface area contributed by atoms with Crippen LogP contribution in [0.5, 0.6) is 0 Å². The molecule has 5 heteroatoms. The third-order valence-electron chi connectivity index (χ3n) is 3.63. The number of piperidine rings is 1. The number of hydrogen-bond donors (Lipinski definition) is 1. The number of aromatic nitrogens is 1. The van der Waals surface area contributed by atoms with Gasteiger partial charge in [0, 0.05) is 36.5 Å². The molecule has 1 aliphatic heterocycles. The van der Waals surface area contributed by atoms with Crippen LogP contribution in [0.2, 0.25) is 0 Å². The fourth-order valence-electron chi connectivity index (χ4n) is 2.68. The lowest BCUT2D eigenvalue weighted by molar-refractivity contribution is 0.0526. The molecule has 1 aliphatic rings. The van der Waals surface area contributed by atoms with Crippen molar-refractivity contribution in [3.05, 3.63) is 10.6 Å². The van der Waals surface area contributed by atoms with Gasteiger partial charge in [-0.3, -0.25) is 0 Å². The normalized spacial score (nSPS) is 20.4. The van der Waals surface area contributed by atoms with Gasteiger partial charge in [0.15, 0.2) is 5.13 Å². The molecule has 2 heterocycles. The van der Waals surface area contributed by atoms with Crippen LogP contribution < -0.4 is 10.6 Å². The fraction of sp³-hybridized carbons (Fsp3) is 0.800. The Kier molecular flexibility index (Phi) is 5.04. The Labute approximate surface area is 126 Å². The van der Waals surface area contributed by atoms with E-state index >= 15 is 0 Å². The van der Waals surface area contributed by atoms with E-state index < -0.39 is 0 Å². The summed E-state index contributed by atoms with van der Waals surface area (Å²) in [6.45, 7) is 12.1. The number of anilines is 1. The average molecular weight is 297 g/mol. The summed E-state index contributed by atoms with van der Waals surface area (Å²) in [6, 6.07) is 0. The molecule has 114 valence electrons. The van der Waals surface area contributed by atoms with Crippen molar-refractivity contribution in [3.63, 3.8) is 0 Å². The minimum absolute atomic E-state index is 0.0541. The summed E-state index contributed by atoms with van der Waals surface area (Å²) in [5.41, 5.74) is 7.10. The van der Waals surface area contributed by atoms with E-state index in [1.54, 1.807) is 11.3 Å². The maximum atomic E-state index is 5.89. The fourth-order valence-corrected chi connectivity index (χ4v) is 3.87. The molecule has 0 saturated carbocycles.